The molecule has 1 saturated heterocycles. The van der Waals surface area contributed by atoms with Crippen molar-refractivity contribution in [3.05, 3.63) is 41.4 Å². The standard InChI is InChI=1S/C17H20FN5/c1-12-20-15-4-2-3-14(15)17(21-12)23-9-7-22(8-10-23)13-5-6-19-16(18)11-13/h5-6,11H,2-4,7-10H2,1H3. The fourth-order valence-electron chi connectivity index (χ4n) is 3.56. The Morgan fingerprint density at radius 2 is 1.83 bits per heavy atom. The van der Waals surface area contributed by atoms with E-state index in [4.69, 9.17) is 4.98 Å². The number of aromatic nitrogens is 3. The van der Waals surface area contributed by atoms with E-state index in [0.717, 1.165) is 56.4 Å². The number of aryl methyl sites for hydroxylation is 2. The maximum absolute atomic E-state index is 13.3. The zero-order chi connectivity index (χ0) is 15.8. The van der Waals surface area contributed by atoms with Crippen molar-refractivity contribution in [1.29, 1.82) is 0 Å². The van der Waals surface area contributed by atoms with E-state index in [2.05, 4.69) is 19.8 Å². The van der Waals surface area contributed by atoms with Crippen LogP contribution in [0, 0.1) is 12.9 Å². The monoisotopic (exact) mass is 313 g/mol. The molecular formula is C17H20FN5. The normalized spacial score (nSPS) is 17.5. The van der Waals surface area contributed by atoms with Gasteiger partial charge in [0.15, 0.2) is 0 Å². The lowest BCUT2D eigenvalue weighted by Gasteiger charge is -2.37. The summed E-state index contributed by atoms with van der Waals surface area (Å²) in [7, 11) is 0. The van der Waals surface area contributed by atoms with Crippen LogP contribution in [0.1, 0.15) is 23.5 Å². The lowest BCUT2D eigenvalue weighted by atomic mass is 10.2. The summed E-state index contributed by atoms with van der Waals surface area (Å²) in [6.45, 7) is 5.49. The Kier molecular flexibility index (Phi) is 3.59. The molecule has 0 saturated carbocycles. The Hall–Kier alpha value is -2.24. The van der Waals surface area contributed by atoms with Gasteiger partial charge < -0.3 is 9.80 Å². The summed E-state index contributed by atoms with van der Waals surface area (Å²) in [5, 5.41) is 0. The van der Waals surface area contributed by atoms with Crippen LogP contribution in [0.15, 0.2) is 18.3 Å². The van der Waals surface area contributed by atoms with E-state index in [1.807, 2.05) is 13.0 Å². The zero-order valence-corrected chi connectivity index (χ0v) is 13.3. The van der Waals surface area contributed by atoms with E-state index in [1.54, 1.807) is 0 Å². The molecule has 23 heavy (non-hydrogen) atoms. The predicted molar refractivity (Wildman–Crippen MR) is 87.4 cm³/mol. The molecule has 0 unspecified atom stereocenters. The second-order valence-electron chi connectivity index (χ2n) is 6.18. The average Bonchev–Trinajstić information content (AvgIpc) is 3.02. The highest BCUT2D eigenvalue weighted by Gasteiger charge is 2.25. The van der Waals surface area contributed by atoms with Crippen LogP contribution >= 0.6 is 0 Å². The van der Waals surface area contributed by atoms with Crippen LogP contribution in [-0.4, -0.2) is 41.1 Å². The molecule has 0 radical (unpaired) electrons. The molecule has 2 aromatic rings. The Morgan fingerprint density at radius 3 is 2.61 bits per heavy atom. The number of anilines is 2. The zero-order valence-electron chi connectivity index (χ0n) is 13.3. The van der Waals surface area contributed by atoms with E-state index >= 15 is 0 Å². The van der Waals surface area contributed by atoms with Crippen molar-refractivity contribution in [2.45, 2.75) is 26.2 Å². The number of hydrogen-bond donors (Lipinski definition) is 0. The maximum atomic E-state index is 13.3. The van der Waals surface area contributed by atoms with Gasteiger partial charge in [0.2, 0.25) is 5.95 Å². The summed E-state index contributed by atoms with van der Waals surface area (Å²) in [6.07, 6.45) is 4.86. The molecule has 0 aromatic carbocycles. The second kappa shape index (κ2) is 5.76. The predicted octanol–water partition coefficient (Wildman–Crippen LogP) is 2.13. The maximum Gasteiger partial charge on any atom is 0.214 e. The van der Waals surface area contributed by atoms with Gasteiger partial charge in [-0.2, -0.15) is 4.39 Å². The van der Waals surface area contributed by atoms with E-state index in [0.29, 0.717) is 0 Å². The summed E-state index contributed by atoms with van der Waals surface area (Å²) >= 11 is 0. The molecule has 1 aliphatic heterocycles. The molecule has 0 atom stereocenters. The molecule has 0 bridgehead atoms. The average molecular weight is 313 g/mol. The van der Waals surface area contributed by atoms with E-state index < -0.39 is 5.95 Å². The number of pyridine rings is 1. The van der Waals surface area contributed by atoms with Crippen molar-refractivity contribution in [3.8, 4) is 0 Å². The second-order valence-corrected chi connectivity index (χ2v) is 6.18. The summed E-state index contributed by atoms with van der Waals surface area (Å²) in [4.78, 5) is 17.5. The molecule has 1 aliphatic carbocycles. The van der Waals surface area contributed by atoms with Crippen LogP contribution in [0.5, 0.6) is 0 Å². The Balaban J connectivity index is 1.52. The van der Waals surface area contributed by atoms with E-state index in [1.165, 1.54) is 29.9 Å². The van der Waals surface area contributed by atoms with Crippen molar-refractivity contribution in [1.82, 2.24) is 15.0 Å². The highest BCUT2D eigenvalue weighted by Crippen LogP contribution is 2.29. The smallest absolute Gasteiger partial charge is 0.214 e. The van der Waals surface area contributed by atoms with Gasteiger partial charge in [0.05, 0.1) is 0 Å². The molecule has 3 heterocycles. The van der Waals surface area contributed by atoms with Gasteiger partial charge in [-0.3, -0.25) is 0 Å². The minimum Gasteiger partial charge on any atom is -0.368 e. The van der Waals surface area contributed by atoms with Gasteiger partial charge in [-0.25, -0.2) is 15.0 Å². The van der Waals surface area contributed by atoms with Crippen LogP contribution < -0.4 is 9.80 Å². The summed E-state index contributed by atoms with van der Waals surface area (Å²) in [5.41, 5.74) is 3.46. The van der Waals surface area contributed by atoms with E-state index in [-0.39, 0.29) is 0 Å². The van der Waals surface area contributed by atoms with Gasteiger partial charge in [0, 0.05) is 55.4 Å². The molecule has 4 rings (SSSR count). The van der Waals surface area contributed by atoms with Gasteiger partial charge in [-0.15, -0.1) is 0 Å². The third-order valence-corrected chi connectivity index (χ3v) is 4.68. The van der Waals surface area contributed by atoms with Crippen molar-refractivity contribution in [2.75, 3.05) is 36.0 Å². The number of piperazine rings is 1. The lowest BCUT2D eigenvalue weighted by Crippen LogP contribution is -2.47. The molecule has 1 fully saturated rings. The van der Waals surface area contributed by atoms with Gasteiger partial charge in [-0.1, -0.05) is 0 Å². The number of rotatable bonds is 2. The molecule has 120 valence electrons. The van der Waals surface area contributed by atoms with Crippen molar-refractivity contribution >= 4 is 11.5 Å². The SMILES string of the molecule is Cc1nc2c(c(N3CCN(c4ccnc(F)c4)CC3)n1)CCC2. The van der Waals surface area contributed by atoms with Crippen molar-refractivity contribution in [2.24, 2.45) is 0 Å². The van der Waals surface area contributed by atoms with Gasteiger partial charge in [0.1, 0.15) is 11.6 Å². The number of fused-ring (bicyclic) bond motifs is 1. The molecule has 5 nitrogen and oxygen atoms in total. The first-order valence-electron chi connectivity index (χ1n) is 8.18. The first-order valence-corrected chi connectivity index (χ1v) is 8.18. The van der Waals surface area contributed by atoms with Crippen LogP contribution in [0.3, 0.4) is 0 Å². The highest BCUT2D eigenvalue weighted by molar-refractivity contribution is 5.54. The van der Waals surface area contributed by atoms with Crippen LogP contribution in [-0.2, 0) is 12.8 Å². The minimum absolute atomic E-state index is 0.422. The fourth-order valence-corrected chi connectivity index (χ4v) is 3.56. The molecule has 0 N–H and O–H groups in total. The lowest BCUT2D eigenvalue weighted by molar-refractivity contribution is 0.580. The topological polar surface area (TPSA) is 45.2 Å². The summed E-state index contributed by atoms with van der Waals surface area (Å²) in [5.74, 6) is 1.55. The fraction of sp³-hybridized carbons (Fsp3) is 0.471. The van der Waals surface area contributed by atoms with Gasteiger partial charge in [0.25, 0.3) is 0 Å². The van der Waals surface area contributed by atoms with E-state index in [9.17, 15) is 4.39 Å². The van der Waals surface area contributed by atoms with Crippen LogP contribution in [0.2, 0.25) is 0 Å². The first kappa shape index (κ1) is 14.4. The number of hydrogen-bond acceptors (Lipinski definition) is 5. The van der Waals surface area contributed by atoms with Crippen molar-refractivity contribution < 1.29 is 4.39 Å². The molecule has 0 amide bonds. The number of nitrogens with zero attached hydrogens (tertiary/aromatic N) is 5. The molecule has 6 heteroatoms. The Labute approximate surface area is 135 Å². The quantitative estimate of drug-likeness (QED) is 0.795. The molecule has 0 spiro atoms. The Morgan fingerprint density at radius 1 is 1.04 bits per heavy atom. The largest absolute Gasteiger partial charge is 0.368 e. The third-order valence-electron chi connectivity index (χ3n) is 4.68. The van der Waals surface area contributed by atoms with Gasteiger partial charge >= 0.3 is 0 Å². The first-order chi connectivity index (χ1) is 11.2. The molecule has 2 aromatic heterocycles. The molecule has 2 aliphatic rings. The van der Waals surface area contributed by atoms with Crippen molar-refractivity contribution in [3.63, 3.8) is 0 Å². The molecular weight excluding hydrogens is 293 g/mol. The minimum atomic E-state index is -0.422. The van der Waals surface area contributed by atoms with Gasteiger partial charge in [-0.05, 0) is 32.3 Å². The summed E-state index contributed by atoms with van der Waals surface area (Å²) < 4.78 is 13.3. The summed E-state index contributed by atoms with van der Waals surface area (Å²) in [6, 6.07) is 3.37. The third kappa shape index (κ3) is 2.73. The Bertz CT molecular complexity index is 725. The highest BCUT2D eigenvalue weighted by atomic mass is 19.1. The van der Waals surface area contributed by atoms with Crippen LogP contribution in [0.4, 0.5) is 15.9 Å². The van der Waals surface area contributed by atoms with Crippen LogP contribution in [0.25, 0.3) is 0 Å². The number of halogens is 1.